The van der Waals surface area contributed by atoms with Crippen LogP contribution in [0, 0.1) is 0 Å². The Morgan fingerprint density at radius 3 is 2.36 bits per heavy atom. The minimum Gasteiger partial charge on any atom is -0.368 e. The third-order valence-corrected chi connectivity index (χ3v) is 6.64. The number of aryl methyl sites for hydroxylation is 1. The fraction of sp³-hybridized carbons (Fsp3) is 0.231. The molecule has 1 fully saturated rings. The topological polar surface area (TPSA) is 46.3 Å². The second kappa shape index (κ2) is 9.39. The molecule has 0 N–H and O–H groups in total. The highest BCUT2D eigenvalue weighted by Crippen LogP contribution is 2.32. The zero-order valence-corrected chi connectivity index (χ0v) is 20.2. The van der Waals surface area contributed by atoms with Gasteiger partial charge in [-0.25, -0.2) is 4.68 Å². The number of para-hydroxylation sites is 1. The lowest BCUT2D eigenvalue weighted by Gasteiger charge is -2.36. The summed E-state index contributed by atoms with van der Waals surface area (Å²) in [5.41, 5.74) is 2.24. The first-order valence-electron chi connectivity index (χ1n) is 11.4. The molecule has 1 aliphatic heterocycles. The molecule has 4 aromatic rings. The van der Waals surface area contributed by atoms with Gasteiger partial charge in [0.05, 0.1) is 22.0 Å². The second-order valence-electron chi connectivity index (χ2n) is 8.61. The van der Waals surface area contributed by atoms with Crippen LogP contribution in [0.1, 0.15) is 16.1 Å². The van der Waals surface area contributed by atoms with Crippen LogP contribution in [0.3, 0.4) is 0 Å². The molecule has 2 aromatic heterocycles. The summed E-state index contributed by atoms with van der Waals surface area (Å²) in [4.78, 5) is 17.2. The van der Waals surface area contributed by atoms with E-state index in [1.54, 1.807) is 33.8 Å². The molecule has 6 nitrogen and oxygen atoms in total. The number of carbonyl (C=O) groups excluding carboxylic acids is 1. The molecule has 36 heavy (non-hydrogen) atoms. The Bertz CT molecular complexity index is 1400. The minimum absolute atomic E-state index is 0.216. The molecule has 1 saturated heterocycles. The van der Waals surface area contributed by atoms with Crippen LogP contribution in [0.4, 0.5) is 18.9 Å². The van der Waals surface area contributed by atoms with Crippen molar-refractivity contribution in [1.82, 2.24) is 19.2 Å². The standard InChI is InChI=1S/C26H23ClF3N5O/c1-32-11-5-10-23(32)21-17-24(35(31-21)22-9-3-2-8-20(22)27)25(36)34-14-12-33(13-15-34)19-7-4-6-18(16-19)26(28,29)30/h2-11,16-17H,12-15H2,1H3. The number of alkyl halides is 3. The summed E-state index contributed by atoms with van der Waals surface area (Å²) in [6, 6.07) is 18.0. The smallest absolute Gasteiger partial charge is 0.368 e. The van der Waals surface area contributed by atoms with E-state index in [9.17, 15) is 18.0 Å². The Kier molecular flexibility index (Phi) is 6.26. The summed E-state index contributed by atoms with van der Waals surface area (Å²) in [5, 5.41) is 5.16. The minimum atomic E-state index is -4.40. The van der Waals surface area contributed by atoms with Crippen molar-refractivity contribution in [2.75, 3.05) is 31.1 Å². The van der Waals surface area contributed by atoms with Crippen LogP contribution in [-0.4, -0.2) is 51.3 Å². The fourth-order valence-corrected chi connectivity index (χ4v) is 4.62. The molecular weight excluding hydrogens is 491 g/mol. The highest BCUT2D eigenvalue weighted by atomic mass is 35.5. The van der Waals surface area contributed by atoms with Gasteiger partial charge in [-0.2, -0.15) is 18.3 Å². The number of nitrogens with zero attached hydrogens (tertiary/aromatic N) is 5. The molecule has 3 heterocycles. The van der Waals surface area contributed by atoms with E-state index in [-0.39, 0.29) is 5.91 Å². The quantitative estimate of drug-likeness (QED) is 0.361. The van der Waals surface area contributed by atoms with E-state index in [1.807, 2.05) is 47.0 Å². The maximum atomic E-state index is 13.6. The van der Waals surface area contributed by atoms with Crippen molar-refractivity contribution in [3.05, 3.63) is 89.2 Å². The highest BCUT2D eigenvalue weighted by Gasteiger charge is 2.32. The first-order valence-corrected chi connectivity index (χ1v) is 11.8. The van der Waals surface area contributed by atoms with Crippen LogP contribution in [0.25, 0.3) is 17.1 Å². The lowest BCUT2D eigenvalue weighted by atomic mass is 10.1. The maximum Gasteiger partial charge on any atom is 0.416 e. The van der Waals surface area contributed by atoms with Gasteiger partial charge in [0.25, 0.3) is 5.91 Å². The van der Waals surface area contributed by atoms with Crippen LogP contribution in [0.5, 0.6) is 0 Å². The summed E-state index contributed by atoms with van der Waals surface area (Å²) >= 11 is 6.44. The Hall–Kier alpha value is -3.72. The molecule has 0 bridgehead atoms. The Morgan fingerprint density at radius 1 is 0.944 bits per heavy atom. The maximum absolute atomic E-state index is 13.6. The molecule has 1 aliphatic rings. The summed E-state index contributed by atoms with van der Waals surface area (Å²) in [6.07, 6.45) is -2.50. The van der Waals surface area contributed by atoms with Gasteiger partial charge in [-0.1, -0.05) is 29.8 Å². The Labute approximate surface area is 211 Å². The van der Waals surface area contributed by atoms with E-state index >= 15 is 0 Å². The van der Waals surface area contributed by atoms with Gasteiger partial charge in [-0.15, -0.1) is 0 Å². The predicted octanol–water partition coefficient (Wildman–Crippen LogP) is 5.51. The molecule has 0 saturated carbocycles. The number of anilines is 1. The number of benzene rings is 2. The Morgan fingerprint density at radius 2 is 1.69 bits per heavy atom. The van der Waals surface area contributed by atoms with Crippen molar-refractivity contribution in [3.8, 4) is 17.1 Å². The number of carbonyl (C=O) groups is 1. The van der Waals surface area contributed by atoms with Crippen LogP contribution < -0.4 is 4.90 Å². The zero-order valence-electron chi connectivity index (χ0n) is 19.4. The first-order chi connectivity index (χ1) is 17.2. The predicted molar refractivity (Wildman–Crippen MR) is 133 cm³/mol. The third-order valence-electron chi connectivity index (χ3n) is 6.32. The van der Waals surface area contributed by atoms with E-state index in [2.05, 4.69) is 0 Å². The molecule has 186 valence electrons. The second-order valence-corrected chi connectivity index (χ2v) is 9.02. The first kappa shape index (κ1) is 24.0. The number of aromatic nitrogens is 3. The molecule has 10 heteroatoms. The van der Waals surface area contributed by atoms with Crippen molar-refractivity contribution >= 4 is 23.2 Å². The molecular formula is C26H23ClF3N5O. The zero-order chi connectivity index (χ0) is 25.4. The third kappa shape index (κ3) is 4.58. The fourth-order valence-electron chi connectivity index (χ4n) is 4.40. The molecule has 0 aliphatic carbocycles. The number of rotatable bonds is 4. The van der Waals surface area contributed by atoms with Gasteiger partial charge in [0.1, 0.15) is 11.4 Å². The molecule has 0 spiro atoms. The number of piperazine rings is 1. The normalized spacial score (nSPS) is 14.4. The highest BCUT2D eigenvalue weighted by molar-refractivity contribution is 6.32. The van der Waals surface area contributed by atoms with E-state index in [0.717, 1.165) is 17.8 Å². The molecule has 5 rings (SSSR count). The van der Waals surface area contributed by atoms with E-state index < -0.39 is 11.7 Å². The SMILES string of the molecule is Cn1cccc1-c1cc(C(=O)N2CCN(c3cccc(C(F)(F)F)c3)CC2)n(-c2ccccc2Cl)n1. The van der Waals surface area contributed by atoms with Gasteiger partial charge in [0.15, 0.2) is 0 Å². The average molecular weight is 514 g/mol. The van der Waals surface area contributed by atoms with Gasteiger partial charge >= 0.3 is 6.18 Å². The van der Waals surface area contributed by atoms with Gasteiger partial charge < -0.3 is 14.4 Å². The lowest BCUT2D eigenvalue weighted by molar-refractivity contribution is -0.137. The Balaban J connectivity index is 1.41. The number of hydrogen-bond acceptors (Lipinski definition) is 3. The van der Waals surface area contributed by atoms with E-state index in [4.69, 9.17) is 16.7 Å². The lowest BCUT2D eigenvalue weighted by Crippen LogP contribution is -2.49. The number of halogens is 4. The number of amides is 1. The summed E-state index contributed by atoms with van der Waals surface area (Å²) in [5.74, 6) is -0.216. The molecule has 2 aromatic carbocycles. The average Bonchev–Trinajstić information content (AvgIpc) is 3.50. The van der Waals surface area contributed by atoms with Gasteiger partial charge in [-0.3, -0.25) is 4.79 Å². The van der Waals surface area contributed by atoms with Crippen LogP contribution in [0.2, 0.25) is 5.02 Å². The molecule has 1 amide bonds. The van der Waals surface area contributed by atoms with E-state index in [0.29, 0.717) is 54.0 Å². The molecule has 0 radical (unpaired) electrons. The van der Waals surface area contributed by atoms with Crippen LogP contribution in [0.15, 0.2) is 72.9 Å². The van der Waals surface area contributed by atoms with Gasteiger partial charge in [-0.05, 0) is 48.5 Å². The molecule has 0 atom stereocenters. The van der Waals surface area contributed by atoms with Crippen molar-refractivity contribution in [1.29, 1.82) is 0 Å². The summed E-state index contributed by atoms with van der Waals surface area (Å²) < 4.78 is 42.9. The van der Waals surface area contributed by atoms with Crippen molar-refractivity contribution in [2.24, 2.45) is 7.05 Å². The van der Waals surface area contributed by atoms with Crippen LogP contribution >= 0.6 is 11.6 Å². The summed E-state index contributed by atoms with van der Waals surface area (Å²) in [7, 11) is 1.90. The monoisotopic (exact) mass is 513 g/mol. The van der Waals surface area contributed by atoms with Gasteiger partial charge in [0.2, 0.25) is 0 Å². The van der Waals surface area contributed by atoms with Crippen molar-refractivity contribution in [3.63, 3.8) is 0 Å². The van der Waals surface area contributed by atoms with Crippen LogP contribution in [-0.2, 0) is 13.2 Å². The largest absolute Gasteiger partial charge is 0.416 e. The number of hydrogen-bond donors (Lipinski definition) is 0. The van der Waals surface area contributed by atoms with Crippen molar-refractivity contribution in [2.45, 2.75) is 6.18 Å². The van der Waals surface area contributed by atoms with Crippen molar-refractivity contribution < 1.29 is 18.0 Å². The van der Waals surface area contributed by atoms with E-state index in [1.165, 1.54) is 6.07 Å². The summed E-state index contributed by atoms with van der Waals surface area (Å²) in [6.45, 7) is 1.56. The van der Waals surface area contributed by atoms with Gasteiger partial charge in [0, 0.05) is 45.1 Å². The molecule has 0 unspecified atom stereocenters.